The second kappa shape index (κ2) is 7.72. The molecule has 2 aromatic rings. The fourth-order valence-corrected chi connectivity index (χ4v) is 6.46. The summed E-state index contributed by atoms with van der Waals surface area (Å²) in [5, 5.41) is 9.82. The van der Waals surface area contributed by atoms with Crippen molar-refractivity contribution >= 4 is 20.0 Å². The van der Waals surface area contributed by atoms with Crippen molar-refractivity contribution in [2.75, 3.05) is 0 Å². The van der Waals surface area contributed by atoms with Crippen LogP contribution in [0.2, 0.25) is 0 Å². The van der Waals surface area contributed by atoms with Crippen molar-refractivity contribution in [3.8, 4) is 11.1 Å². The molecule has 0 saturated heterocycles. The number of nitrogens with one attached hydrogen (secondary N) is 2. The lowest BCUT2D eigenvalue weighted by molar-refractivity contribution is 0.278. The summed E-state index contributed by atoms with van der Waals surface area (Å²) in [5.41, 5.74) is 3.37. The van der Waals surface area contributed by atoms with E-state index in [1.807, 2.05) is 13.8 Å². The highest BCUT2D eigenvalue weighted by atomic mass is 32.2. The zero-order valence-electron chi connectivity index (χ0n) is 17.0. The minimum Gasteiger partial charge on any atom is -0.392 e. The van der Waals surface area contributed by atoms with Crippen LogP contribution in [-0.2, 0) is 26.7 Å². The Balaban J connectivity index is 1.71. The molecule has 30 heavy (non-hydrogen) atoms. The molecule has 4 rings (SSSR count). The molecule has 2 aromatic carbocycles. The Labute approximate surface area is 177 Å². The third-order valence-electron chi connectivity index (χ3n) is 5.46. The van der Waals surface area contributed by atoms with E-state index in [2.05, 4.69) is 9.44 Å². The van der Waals surface area contributed by atoms with Gasteiger partial charge in [0.1, 0.15) is 0 Å². The Morgan fingerprint density at radius 1 is 0.833 bits per heavy atom. The van der Waals surface area contributed by atoms with E-state index in [9.17, 15) is 21.9 Å². The van der Waals surface area contributed by atoms with E-state index >= 15 is 0 Å². The monoisotopic (exact) mass is 450 g/mol. The first kappa shape index (κ1) is 21.5. The maximum absolute atomic E-state index is 12.7. The molecule has 0 radical (unpaired) electrons. The molecule has 0 bridgehead atoms. The molecule has 162 valence electrons. The van der Waals surface area contributed by atoms with Gasteiger partial charge in [0.25, 0.3) is 0 Å². The lowest BCUT2D eigenvalue weighted by Gasteiger charge is -2.16. The molecule has 0 unspecified atom stereocenters. The zero-order chi connectivity index (χ0) is 21.7. The summed E-state index contributed by atoms with van der Waals surface area (Å²) in [6.45, 7) is 3.22. The van der Waals surface area contributed by atoms with Crippen LogP contribution in [0.25, 0.3) is 11.1 Å². The van der Waals surface area contributed by atoms with Gasteiger partial charge in [-0.05, 0) is 91.6 Å². The van der Waals surface area contributed by atoms with E-state index in [0.717, 1.165) is 47.9 Å². The molecule has 2 aliphatic carbocycles. The smallest absolute Gasteiger partial charge is 0.241 e. The van der Waals surface area contributed by atoms with Crippen molar-refractivity contribution in [3.05, 3.63) is 47.0 Å². The van der Waals surface area contributed by atoms with Crippen molar-refractivity contribution in [2.24, 2.45) is 0 Å². The van der Waals surface area contributed by atoms with Crippen LogP contribution in [0.15, 0.2) is 40.1 Å². The quantitative estimate of drug-likeness (QED) is 0.571. The van der Waals surface area contributed by atoms with Crippen molar-refractivity contribution in [2.45, 2.75) is 68.0 Å². The molecule has 2 saturated carbocycles. The van der Waals surface area contributed by atoms with Crippen LogP contribution in [0.4, 0.5) is 0 Å². The molecule has 0 aromatic heterocycles. The van der Waals surface area contributed by atoms with Crippen LogP contribution in [0.5, 0.6) is 0 Å². The number of aliphatic hydroxyl groups is 1. The van der Waals surface area contributed by atoms with Gasteiger partial charge in [0.15, 0.2) is 0 Å². The number of hydrogen-bond acceptors (Lipinski definition) is 5. The number of sulfonamides is 2. The normalized spacial score (nSPS) is 17.3. The molecule has 0 atom stereocenters. The van der Waals surface area contributed by atoms with Crippen molar-refractivity contribution < 1.29 is 21.9 Å². The van der Waals surface area contributed by atoms with E-state index in [-0.39, 0.29) is 21.9 Å². The Morgan fingerprint density at radius 3 is 1.93 bits per heavy atom. The molecule has 2 aliphatic rings. The van der Waals surface area contributed by atoms with Gasteiger partial charge in [-0.1, -0.05) is 6.07 Å². The second-order valence-electron chi connectivity index (χ2n) is 8.20. The van der Waals surface area contributed by atoms with Crippen LogP contribution >= 0.6 is 0 Å². The van der Waals surface area contributed by atoms with Crippen molar-refractivity contribution in [1.82, 2.24) is 9.44 Å². The lowest BCUT2D eigenvalue weighted by atomic mass is 9.95. The predicted molar refractivity (Wildman–Crippen MR) is 114 cm³/mol. The van der Waals surface area contributed by atoms with E-state index in [1.54, 1.807) is 30.3 Å². The number of benzene rings is 2. The predicted octanol–water partition coefficient (Wildman–Crippen LogP) is 2.34. The molecule has 3 N–H and O–H groups in total. The Hall–Kier alpha value is -1.78. The molecule has 0 heterocycles. The highest BCUT2D eigenvalue weighted by Gasteiger charge is 2.30. The van der Waals surface area contributed by atoms with Crippen molar-refractivity contribution in [3.63, 3.8) is 0 Å². The zero-order valence-corrected chi connectivity index (χ0v) is 18.6. The highest BCUT2D eigenvalue weighted by Crippen LogP contribution is 2.33. The van der Waals surface area contributed by atoms with Gasteiger partial charge in [0, 0.05) is 12.1 Å². The van der Waals surface area contributed by atoms with Gasteiger partial charge in [-0.25, -0.2) is 26.3 Å². The highest BCUT2D eigenvalue weighted by molar-refractivity contribution is 7.89. The molecule has 0 aliphatic heterocycles. The van der Waals surface area contributed by atoms with E-state index in [4.69, 9.17) is 0 Å². The first-order valence-electron chi connectivity index (χ1n) is 10.0. The number of hydrogen-bond donors (Lipinski definition) is 3. The van der Waals surface area contributed by atoms with Gasteiger partial charge < -0.3 is 5.11 Å². The van der Waals surface area contributed by atoms with Crippen molar-refractivity contribution in [1.29, 1.82) is 0 Å². The van der Waals surface area contributed by atoms with E-state index in [1.165, 1.54) is 0 Å². The Kier molecular flexibility index (Phi) is 5.52. The molecular weight excluding hydrogens is 424 g/mol. The third-order valence-corrected chi connectivity index (χ3v) is 8.58. The summed E-state index contributed by atoms with van der Waals surface area (Å²) >= 11 is 0. The Bertz CT molecular complexity index is 1200. The van der Waals surface area contributed by atoms with Gasteiger partial charge in [-0.2, -0.15) is 0 Å². The first-order chi connectivity index (χ1) is 14.1. The standard InChI is InChI=1S/C21H26N2O5S2/c1-13-9-18(29(25,26)22-16-3-4-16)7-8-19(13)20-11-15(12-24)21(10-14(20)2)30(27,28)23-17-5-6-17/h7-11,16-17,22-24H,3-6,12H2,1-2H3. The SMILES string of the molecule is Cc1cc(S(=O)(=O)NC2CC2)ccc1-c1cc(CO)c(S(=O)(=O)NC2CC2)cc1C. The summed E-state index contributed by atoms with van der Waals surface area (Å²) in [4.78, 5) is 0.298. The summed E-state index contributed by atoms with van der Waals surface area (Å²) in [6, 6.07) is 8.17. The van der Waals surface area contributed by atoms with E-state index < -0.39 is 26.7 Å². The lowest BCUT2D eigenvalue weighted by Crippen LogP contribution is -2.27. The third kappa shape index (κ3) is 4.45. The molecule has 0 amide bonds. The minimum atomic E-state index is -3.70. The van der Waals surface area contributed by atoms with Gasteiger partial charge in [-0.15, -0.1) is 0 Å². The largest absolute Gasteiger partial charge is 0.392 e. The fraction of sp³-hybridized carbons (Fsp3) is 0.429. The van der Waals surface area contributed by atoms with Crippen LogP contribution in [-0.4, -0.2) is 34.0 Å². The molecule has 0 spiro atoms. The van der Waals surface area contributed by atoms with Gasteiger partial charge in [-0.3, -0.25) is 0 Å². The number of rotatable bonds is 8. The number of aryl methyl sites for hydroxylation is 2. The van der Waals surface area contributed by atoms with Gasteiger partial charge in [0.05, 0.1) is 16.4 Å². The Morgan fingerprint density at radius 2 is 1.40 bits per heavy atom. The van der Waals surface area contributed by atoms with Gasteiger partial charge >= 0.3 is 0 Å². The first-order valence-corrected chi connectivity index (χ1v) is 13.0. The number of aliphatic hydroxyl groups excluding tert-OH is 1. The van der Waals surface area contributed by atoms with E-state index in [0.29, 0.717) is 5.56 Å². The summed E-state index contributed by atoms with van der Waals surface area (Å²) in [7, 11) is -7.25. The summed E-state index contributed by atoms with van der Waals surface area (Å²) in [6.07, 6.45) is 3.39. The average molecular weight is 451 g/mol. The van der Waals surface area contributed by atoms with Gasteiger partial charge in [0.2, 0.25) is 20.0 Å². The van der Waals surface area contributed by atoms with Crippen LogP contribution in [0, 0.1) is 13.8 Å². The topological polar surface area (TPSA) is 113 Å². The minimum absolute atomic E-state index is 0.0255. The van der Waals surface area contributed by atoms with Crippen LogP contribution in [0.3, 0.4) is 0 Å². The van der Waals surface area contributed by atoms with Crippen LogP contribution < -0.4 is 9.44 Å². The fourth-order valence-electron chi connectivity index (χ4n) is 3.47. The summed E-state index contributed by atoms with van der Waals surface area (Å²) < 4.78 is 55.6. The molecule has 2 fully saturated rings. The maximum Gasteiger partial charge on any atom is 0.241 e. The summed E-state index contributed by atoms with van der Waals surface area (Å²) in [5.74, 6) is 0. The molecular formula is C21H26N2O5S2. The average Bonchev–Trinajstić information content (AvgIpc) is 3.59. The molecule has 7 nitrogen and oxygen atoms in total. The second-order valence-corrected chi connectivity index (χ2v) is 11.6. The maximum atomic E-state index is 12.7. The van der Waals surface area contributed by atoms with Crippen LogP contribution in [0.1, 0.15) is 42.4 Å². The molecule has 9 heteroatoms.